The molecule has 0 aliphatic rings. The third-order valence-corrected chi connectivity index (χ3v) is 3.87. The highest BCUT2D eigenvalue weighted by Gasteiger charge is 2.06. The summed E-state index contributed by atoms with van der Waals surface area (Å²) in [7, 11) is 0. The number of fused-ring (bicyclic) bond motifs is 1. The predicted molar refractivity (Wildman–Crippen MR) is 98.1 cm³/mol. The number of benzene rings is 2. The van der Waals surface area contributed by atoms with E-state index < -0.39 is 0 Å². The number of nitrogens with zero attached hydrogens (tertiary/aromatic N) is 2. The molecule has 0 aliphatic heterocycles. The number of aliphatic hydroxyl groups excluding tert-OH is 1. The summed E-state index contributed by atoms with van der Waals surface area (Å²) in [5.41, 5.74) is 4.03. The first-order chi connectivity index (χ1) is 12.2. The van der Waals surface area contributed by atoms with E-state index in [-0.39, 0.29) is 12.5 Å². The first-order valence-corrected chi connectivity index (χ1v) is 8.10. The smallest absolute Gasteiger partial charge is 0.217 e. The van der Waals surface area contributed by atoms with Crippen LogP contribution < -0.4 is 10.6 Å². The summed E-state index contributed by atoms with van der Waals surface area (Å²) >= 11 is 0. The summed E-state index contributed by atoms with van der Waals surface area (Å²) in [6.07, 6.45) is 1.51. The number of carbonyl (C=O) groups excluding carboxylic acids is 1. The molecule has 3 N–H and O–H groups in total. The minimum absolute atomic E-state index is 0.0403. The van der Waals surface area contributed by atoms with Crippen LogP contribution in [0.2, 0.25) is 0 Å². The maximum absolute atomic E-state index is 11.0. The molecular formula is C19H20N4O2. The molecule has 6 nitrogen and oxygen atoms in total. The highest BCUT2D eigenvalue weighted by atomic mass is 16.3. The normalized spacial score (nSPS) is 10.6. The van der Waals surface area contributed by atoms with Crippen LogP contribution in [-0.2, 0) is 11.3 Å². The van der Waals surface area contributed by atoms with E-state index in [1.807, 2.05) is 42.5 Å². The van der Waals surface area contributed by atoms with E-state index in [0.29, 0.717) is 18.9 Å². The Morgan fingerprint density at radius 2 is 1.84 bits per heavy atom. The predicted octanol–water partition coefficient (Wildman–Crippen LogP) is 2.34. The molecular weight excluding hydrogens is 316 g/mol. The van der Waals surface area contributed by atoms with Crippen molar-refractivity contribution >= 4 is 22.6 Å². The molecule has 0 radical (unpaired) electrons. The van der Waals surface area contributed by atoms with Crippen LogP contribution in [0.25, 0.3) is 22.0 Å². The molecule has 3 rings (SSSR count). The van der Waals surface area contributed by atoms with Crippen molar-refractivity contribution in [2.24, 2.45) is 0 Å². The monoisotopic (exact) mass is 336 g/mol. The van der Waals surface area contributed by atoms with Gasteiger partial charge in [0.05, 0.1) is 12.1 Å². The fourth-order valence-corrected chi connectivity index (χ4v) is 2.59. The molecule has 1 heterocycles. The van der Waals surface area contributed by atoms with Crippen molar-refractivity contribution in [3.63, 3.8) is 0 Å². The Bertz CT molecular complexity index is 878. The Balaban J connectivity index is 1.89. The van der Waals surface area contributed by atoms with Gasteiger partial charge >= 0.3 is 0 Å². The average Bonchev–Trinajstić information content (AvgIpc) is 2.64. The lowest BCUT2D eigenvalue weighted by molar-refractivity contribution is -0.119. The van der Waals surface area contributed by atoms with E-state index in [1.54, 1.807) is 0 Å². The van der Waals surface area contributed by atoms with E-state index in [4.69, 9.17) is 5.11 Å². The van der Waals surface area contributed by atoms with Gasteiger partial charge in [0.1, 0.15) is 12.1 Å². The lowest BCUT2D eigenvalue weighted by atomic mass is 10.0. The number of aromatic nitrogens is 2. The van der Waals surface area contributed by atoms with Crippen molar-refractivity contribution in [3.05, 3.63) is 54.4 Å². The molecule has 2 aromatic carbocycles. The van der Waals surface area contributed by atoms with Gasteiger partial charge in [-0.2, -0.15) is 0 Å². The second-order valence-corrected chi connectivity index (χ2v) is 5.71. The van der Waals surface area contributed by atoms with Gasteiger partial charge in [-0.25, -0.2) is 9.97 Å². The Morgan fingerprint density at radius 3 is 2.56 bits per heavy atom. The Hall–Kier alpha value is -2.99. The van der Waals surface area contributed by atoms with Crippen LogP contribution in [0.1, 0.15) is 12.5 Å². The molecule has 1 aromatic heterocycles. The fourth-order valence-electron chi connectivity index (χ4n) is 2.59. The van der Waals surface area contributed by atoms with E-state index in [9.17, 15) is 4.79 Å². The third kappa shape index (κ3) is 4.10. The zero-order valence-electron chi connectivity index (χ0n) is 14.0. The van der Waals surface area contributed by atoms with Gasteiger partial charge in [-0.3, -0.25) is 4.79 Å². The van der Waals surface area contributed by atoms with Crippen molar-refractivity contribution in [3.8, 4) is 11.1 Å². The number of amides is 1. The molecule has 6 heteroatoms. The number of hydrogen-bond acceptors (Lipinski definition) is 5. The van der Waals surface area contributed by atoms with E-state index in [1.165, 1.54) is 13.3 Å². The molecule has 3 aromatic rings. The number of aliphatic hydroxyl groups is 1. The van der Waals surface area contributed by atoms with Crippen molar-refractivity contribution < 1.29 is 9.90 Å². The molecule has 0 unspecified atom stereocenters. The highest BCUT2D eigenvalue weighted by molar-refractivity contribution is 5.92. The maximum atomic E-state index is 11.0. The Kier molecular flexibility index (Phi) is 5.20. The van der Waals surface area contributed by atoms with Crippen LogP contribution in [-0.4, -0.2) is 34.1 Å². The molecule has 0 bridgehead atoms. The van der Waals surface area contributed by atoms with Crippen LogP contribution in [0.15, 0.2) is 48.8 Å². The van der Waals surface area contributed by atoms with Crippen LogP contribution in [0.5, 0.6) is 0 Å². The number of anilines is 1. The second-order valence-electron chi connectivity index (χ2n) is 5.71. The van der Waals surface area contributed by atoms with Crippen molar-refractivity contribution in [1.29, 1.82) is 0 Å². The van der Waals surface area contributed by atoms with Gasteiger partial charge in [-0.1, -0.05) is 30.3 Å². The van der Waals surface area contributed by atoms with Gasteiger partial charge in [-0.05, 0) is 28.8 Å². The molecule has 0 aliphatic carbocycles. The van der Waals surface area contributed by atoms with Crippen molar-refractivity contribution in [2.45, 2.75) is 13.5 Å². The highest BCUT2D eigenvalue weighted by Crippen LogP contribution is 2.27. The lowest BCUT2D eigenvalue weighted by Crippen LogP contribution is -2.18. The van der Waals surface area contributed by atoms with Crippen LogP contribution in [0.4, 0.5) is 5.82 Å². The Morgan fingerprint density at radius 1 is 1.08 bits per heavy atom. The second kappa shape index (κ2) is 7.72. The van der Waals surface area contributed by atoms with Gasteiger partial charge < -0.3 is 15.7 Å². The molecule has 0 saturated carbocycles. The number of hydrogen-bond donors (Lipinski definition) is 3. The van der Waals surface area contributed by atoms with E-state index >= 15 is 0 Å². The van der Waals surface area contributed by atoms with Crippen molar-refractivity contribution in [2.75, 3.05) is 18.5 Å². The molecule has 0 atom stereocenters. The molecule has 25 heavy (non-hydrogen) atoms. The van der Waals surface area contributed by atoms with Gasteiger partial charge in [0, 0.05) is 25.4 Å². The van der Waals surface area contributed by atoms with Gasteiger partial charge in [0.2, 0.25) is 5.91 Å². The molecule has 0 fully saturated rings. The zero-order valence-corrected chi connectivity index (χ0v) is 14.0. The minimum Gasteiger partial charge on any atom is -0.395 e. The number of rotatable bonds is 6. The maximum Gasteiger partial charge on any atom is 0.217 e. The molecule has 1 amide bonds. The Labute approximate surface area is 145 Å². The van der Waals surface area contributed by atoms with Crippen LogP contribution in [0.3, 0.4) is 0 Å². The van der Waals surface area contributed by atoms with Crippen LogP contribution >= 0.6 is 0 Å². The summed E-state index contributed by atoms with van der Waals surface area (Å²) < 4.78 is 0. The number of nitrogens with one attached hydrogen (secondary N) is 2. The van der Waals surface area contributed by atoms with E-state index in [2.05, 4.69) is 20.6 Å². The minimum atomic E-state index is -0.0403. The first-order valence-electron chi connectivity index (χ1n) is 8.10. The molecule has 0 saturated heterocycles. The standard InChI is InChI=1S/C19H20N4O2/c1-13(25)21-11-14-2-4-15(5-3-14)16-6-7-18-17(10-16)19(20-8-9-24)23-12-22-18/h2-7,10,12,24H,8-9,11H2,1H3,(H,21,25)(H,20,22,23). The summed E-state index contributed by atoms with van der Waals surface area (Å²) in [5, 5.41) is 15.8. The van der Waals surface area contributed by atoms with Gasteiger partial charge in [0.25, 0.3) is 0 Å². The van der Waals surface area contributed by atoms with E-state index in [0.717, 1.165) is 27.6 Å². The third-order valence-electron chi connectivity index (χ3n) is 3.87. The average molecular weight is 336 g/mol. The summed E-state index contributed by atoms with van der Waals surface area (Å²) in [6, 6.07) is 14.1. The molecule has 128 valence electrons. The zero-order chi connectivity index (χ0) is 17.6. The largest absolute Gasteiger partial charge is 0.395 e. The summed E-state index contributed by atoms with van der Waals surface area (Å²) in [4.78, 5) is 19.5. The topological polar surface area (TPSA) is 87.1 Å². The van der Waals surface area contributed by atoms with Crippen molar-refractivity contribution in [1.82, 2.24) is 15.3 Å². The van der Waals surface area contributed by atoms with Crippen LogP contribution in [0, 0.1) is 0 Å². The SMILES string of the molecule is CC(=O)NCc1ccc(-c2ccc3ncnc(NCCO)c3c2)cc1. The fraction of sp³-hybridized carbons (Fsp3) is 0.211. The summed E-state index contributed by atoms with van der Waals surface area (Å²) in [5.74, 6) is 0.671. The lowest BCUT2D eigenvalue weighted by Gasteiger charge is -2.09. The molecule has 0 spiro atoms. The van der Waals surface area contributed by atoms with Gasteiger partial charge in [0.15, 0.2) is 0 Å². The van der Waals surface area contributed by atoms with Gasteiger partial charge in [-0.15, -0.1) is 0 Å². The quantitative estimate of drug-likeness (QED) is 0.643. The number of carbonyl (C=O) groups is 1. The summed E-state index contributed by atoms with van der Waals surface area (Å²) in [6.45, 7) is 2.51. The first kappa shape index (κ1) is 16.9.